The zero-order valence-electron chi connectivity index (χ0n) is 11.6. The standard InChI is InChI=1S/C14H17N3O3/c1-8-11(13(18)19)12(16-14(20)15-8)9-4-6-10(7-5-9)17(2)3/h4-7,11-12H,1-3H3,(H,16,20)(H,18,19)/t11-,12+/m1/s1. The van der Waals surface area contributed by atoms with Gasteiger partial charge in [-0.15, -0.1) is 0 Å². The number of aliphatic imine (C=N–C) groups is 1. The van der Waals surface area contributed by atoms with Gasteiger partial charge in [-0.2, -0.15) is 0 Å². The zero-order chi connectivity index (χ0) is 14.9. The molecule has 2 rings (SSSR count). The quantitative estimate of drug-likeness (QED) is 0.879. The molecule has 2 N–H and O–H groups in total. The summed E-state index contributed by atoms with van der Waals surface area (Å²) in [5, 5.41) is 12.0. The second-order valence-electron chi connectivity index (χ2n) is 4.98. The Kier molecular flexibility index (Phi) is 3.74. The number of aliphatic carboxylic acids is 1. The Morgan fingerprint density at radius 2 is 1.90 bits per heavy atom. The van der Waals surface area contributed by atoms with E-state index in [0.29, 0.717) is 5.71 Å². The highest BCUT2D eigenvalue weighted by molar-refractivity contribution is 6.07. The first-order valence-corrected chi connectivity index (χ1v) is 6.26. The van der Waals surface area contributed by atoms with Gasteiger partial charge in [0.15, 0.2) is 0 Å². The summed E-state index contributed by atoms with van der Waals surface area (Å²) in [6.07, 6.45) is 0. The molecule has 1 aliphatic rings. The lowest BCUT2D eigenvalue weighted by Gasteiger charge is -2.28. The summed E-state index contributed by atoms with van der Waals surface area (Å²) >= 11 is 0. The van der Waals surface area contributed by atoms with E-state index >= 15 is 0 Å². The molecule has 0 saturated heterocycles. The molecule has 1 aromatic rings. The van der Waals surface area contributed by atoms with E-state index in [4.69, 9.17) is 0 Å². The van der Waals surface area contributed by atoms with Crippen molar-refractivity contribution < 1.29 is 14.7 Å². The van der Waals surface area contributed by atoms with Crippen molar-refractivity contribution in [2.75, 3.05) is 19.0 Å². The number of rotatable bonds is 3. The summed E-state index contributed by atoms with van der Waals surface area (Å²) in [4.78, 5) is 28.5. The van der Waals surface area contributed by atoms with Crippen LogP contribution in [0.1, 0.15) is 18.5 Å². The molecule has 2 amide bonds. The fraction of sp³-hybridized carbons (Fsp3) is 0.357. The van der Waals surface area contributed by atoms with Gasteiger partial charge in [0, 0.05) is 25.5 Å². The van der Waals surface area contributed by atoms with Crippen molar-refractivity contribution in [2.45, 2.75) is 13.0 Å². The van der Waals surface area contributed by atoms with Crippen molar-refractivity contribution in [1.82, 2.24) is 5.32 Å². The summed E-state index contributed by atoms with van der Waals surface area (Å²) in [6.45, 7) is 1.57. The van der Waals surface area contributed by atoms with Crippen LogP contribution in [-0.4, -0.2) is 36.9 Å². The normalized spacial score (nSPS) is 21.9. The highest BCUT2D eigenvalue weighted by Crippen LogP contribution is 2.28. The van der Waals surface area contributed by atoms with Crippen LogP contribution in [-0.2, 0) is 4.79 Å². The van der Waals surface area contributed by atoms with Crippen LogP contribution < -0.4 is 10.2 Å². The van der Waals surface area contributed by atoms with Gasteiger partial charge in [-0.25, -0.2) is 9.79 Å². The molecule has 1 aromatic carbocycles. The average Bonchev–Trinajstić information content (AvgIpc) is 2.37. The second kappa shape index (κ2) is 5.32. The third-order valence-electron chi connectivity index (χ3n) is 3.37. The van der Waals surface area contributed by atoms with Crippen LogP contribution in [0, 0.1) is 5.92 Å². The summed E-state index contributed by atoms with van der Waals surface area (Å²) < 4.78 is 0. The first-order valence-electron chi connectivity index (χ1n) is 6.26. The Bertz CT molecular complexity index is 564. The van der Waals surface area contributed by atoms with Crippen LogP contribution in [0.25, 0.3) is 0 Å². The third kappa shape index (κ3) is 2.64. The SMILES string of the molecule is CC1=NC(=O)N[C@@H](c2ccc(N(C)C)cc2)[C@@H]1C(=O)O. The largest absolute Gasteiger partial charge is 0.481 e. The van der Waals surface area contributed by atoms with E-state index in [-0.39, 0.29) is 0 Å². The Balaban J connectivity index is 2.36. The van der Waals surface area contributed by atoms with Crippen molar-refractivity contribution >= 4 is 23.4 Å². The monoisotopic (exact) mass is 275 g/mol. The minimum atomic E-state index is -0.993. The highest BCUT2D eigenvalue weighted by atomic mass is 16.4. The smallest absolute Gasteiger partial charge is 0.341 e. The maximum atomic E-state index is 11.5. The number of nitrogens with one attached hydrogen (secondary N) is 1. The Labute approximate surface area is 117 Å². The molecule has 6 heteroatoms. The molecule has 0 bridgehead atoms. The van der Waals surface area contributed by atoms with Crippen molar-refractivity contribution in [2.24, 2.45) is 10.9 Å². The summed E-state index contributed by atoms with van der Waals surface area (Å²) in [5.41, 5.74) is 2.08. The van der Waals surface area contributed by atoms with Crippen LogP contribution in [0.4, 0.5) is 10.5 Å². The Hall–Kier alpha value is -2.37. The molecular weight excluding hydrogens is 258 g/mol. The molecular formula is C14H17N3O3. The molecule has 0 unspecified atom stereocenters. The number of benzene rings is 1. The second-order valence-corrected chi connectivity index (χ2v) is 4.98. The number of hydrogen-bond donors (Lipinski definition) is 2. The molecule has 6 nitrogen and oxygen atoms in total. The number of nitrogens with zero attached hydrogens (tertiary/aromatic N) is 2. The molecule has 0 fully saturated rings. The maximum absolute atomic E-state index is 11.5. The molecule has 2 atom stereocenters. The number of anilines is 1. The van der Waals surface area contributed by atoms with E-state index in [1.807, 2.05) is 43.3 Å². The number of carboxylic acids is 1. The minimum absolute atomic E-state index is 0.322. The number of urea groups is 1. The van der Waals surface area contributed by atoms with Gasteiger partial charge < -0.3 is 15.3 Å². The van der Waals surface area contributed by atoms with E-state index in [9.17, 15) is 14.7 Å². The van der Waals surface area contributed by atoms with E-state index in [1.54, 1.807) is 6.92 Å². The zero-order valence-corrected chi connectivity index (χ0v) is 11.6. The van der Waals surface area contributed by atoms with Crippen molar-refractivity contribution in [3.05, 3.63) is 29.8 Å². The van der Waals surface area contributed by atoms with E-state index in [0.717, 1.165) is 11.3 Å². The average molecular weight is 275 g/mol. The van der Waals surface area contributed by atoms with E-state index < -0.39 is 24.0 Å². The van der Waals surface area contributed by atoms with Gasteiger partial charge in [-0.3, -0.25) is 4.79 Å². The van der Waals surface area contributed by atoms with Crippen molar-refractivity contribution in [3.8, 4) is 0 Å². The van der Waals surface area contributed by atoms with Gasteiger partial charge in [-0.05, 0) is 24.6 Å². The van der Waals surface area contributed by atoms with Gasteiger partial charge in [0.2, 0.25) is 0 Å². The lowest BCUT2D eigenvalue weighted by atomic mass is 9.88. The van der Waals surface area contributed by atoms with Crippen molar-refractivity contribution in [1.29, 1.82) is 0 Å². The summed E-state index contributed by atoms with van der Waals surface area (Å²) in [6, 6.07) is 6.35. The maximum Gasteiger partial charge on any atom is 0.341 e. The molecule has 0 aliphatic carbocycles. The first kappa shape index (κ1) is 14.0. The number of carbonyl (C=O) groups excluding carboxylic acids is 1. The molecule has 20 heavy (non-hydrogen) atoms. The molecule has 0 spiro atoms. The molecule has 1 heterocycles. The molecule has 0 aromatic heterocycles. The predicted molar refractivity (Wildman–Crippen MR) is 76.3 cm³/mol. The number of carbonyl (C=O) groups is 2. The fourth-order valence-electron chi connectivity index (χ4n) is 2.30. The Morgan fingerprint density at radius 3 is 2.40 bits per heavy atom. The van der Waals surface area contributed by atoms with Crippen molar-refractivity contribution in [3.63, 3.8) is 0 Å². The molecule has 106 valence electrons. The lowest BCUT2D eigenvalue weighted by Crippen LogP contribution is -2.43. The summed E-state index contributed by atoms with van der Waals surface area (Å²) in [7, 11) is 3.85. The number of amides is 2. The van der Waals surface area contributed by atoms with Gasteiger partial charge in [0.25, 0.3) is 0 Å². The van der Waals surface area contributed by atoms with E-state index in [1.165, 1.54) is 0 Å². The predicted octanol–water partition coefficient (Wildman–Crippen LogP) is 1.68. The third-order valence-corrected chi connectivity index (χ3v) is 3.37. The van der Waals surface area contributed by atoms with Gasteiger partial charge >= 0.3 is 12.0 Å². The van der Waals surface area contributed by atoms with E-state index in [2.05, 4.69) is 10.3 Å². The van der Waals surface area contributed by atoms with Crippen LogP contribution in [0.15, 0.2) is 29.3 Å². The number of hydrogen-bond acceptors (Lipinski definition) is 3. The molecule has 1 aliphatic heterocycles. The molecule has 0 radical (unpaired) electrons. The number of carboxylic acid groups (broad SMARTS) is 1. The highest BCUT2D eigenvalue weighted by Gasteiger charge is 2.36. The van der Waals surface area contributed by atoms with Crippen LogP contribution in [0.2, 0.25) is 0 Å². The van der Waals surface area contributed by atoms with Crippen LogP contribution in [0.5, 0.6) is 0 Å². The van der Waals surface area contributed by atoms with Gasteiger partial charge in [0.1, 0.15) is 5.92 Å². The topological polar surface area (TPSA) is 82.0 Å². The Morgan fingerprint density at radius 1 is 1.30 bits per heavy atom. The van der Waals surface area contributed by atoms with Gasteiger partial charge in [-0.1, -0.05) is 12.1 Å². The first-order chi connectivity index (χ1) is 9.40. The minimum Gasteiger partial charge on any atom is -0.481 e. The van der Waals surface area contributed by atoms with Crippen LogP contribution >= 0.6 is 0 Å². The summed E-state index contributed by atoms with van der Waals surface area (Å²) in [5.74, 6) is -1.83. The lowest BCUT2D eigenvalue weighted by molar-refractivity contribution is -0.140. The molecule has 0 saturated carbocycles. The van der Waals surface area contributed by atoms with Gasteiger partial charge in [0.05, 0.1) is 6.04 Å². The fourth-order valence-corrected chi connectivity index (χ4v) is 2.30. The van der Waals surface area contributed by atoms with Crippen LogP contribution in [0.3, 0.4) is 0 Å².